The van der Waals surface area contributed by atoms with Crippen molar-refractivity contribution in [2.75, 3.05) is 6.54 Å². The number of carbonyl (C=O) groups excluding carboxylic acids is 1. The Morgan fingerprint density at radius 2 is 2.13 bits per heavy atom. The average Bonchev–Trinajstić information content (AvgIpc) is 2.27. The van der Waals surface area contributed by atoms with Crippen LogP contribution in [0.2, 0.25) is 0 Å². The summed E-state index contributed by atoms with van der Waals surface area (Å²) in [4.78, 5) is 11.2. The zero-order valence-electron chi connectivity index (χ0n) is 8.90. The van der Waals surface area contributed by atoms with E-state index in [0.29, 0.717) is 13.0 Å². The molecule has 3 heteroatoms. The molecule has 3 nitrogen and oxygen atoms in total. The van der Waals surface area contributed by atoms with Crippen LogP contribution in [0.3, 0.4) is 0 Å². The van der Waals surface area contributed by atoms with E-state index in [2.05, 4.69) is 12.2 Å². The Hall–Kier alpha value is -1.51. The van der Waals surface area contributed by atoms with E-state index in [1.807, 2.05) is 37.3 Å². The minimum Gasteiger partial charge on any atom is -0.442 e. The van der Waals surface area contributed by atoms with Crippen molar-refractivity contribution in [1.82, 2.24) is 5.32 Å². The van der Waals surface area contributed by atoms with Crippen molar-refractivity contribution >= 4 is 6.09 Å². The summed E-state index contributed by atoms with van der Waals surface area (Å²) in [7, 11) is 0. The summed E-state index contributed by atoms with van der Waals surface area (Å²) in [5, 5.41) is 2.61. The maximum atomic E-state index is 11.2. The Morgan fingerprint density at radius 3 is 2.73 bits per heavy atom. The fourth-order valence-corrected chi connectivity index (χ4v) is 1.18. The van der Waals surface area contributed by atoms with E-state index in [4.69, 9.17) is 4.74 Å². The Bertz CT molecular complexity index is 298. The van der Waals surface area contributed by atoms with E-state index in [1.165, 1.54) is 0 Å². The number of carbonyl (C=O) groups is 1. The number of amides is 1. The second-order valence-corrected chi connectivity index (χ2v) is 3.24. The lowest BCUT2D eigenvalue weighted by molar-refractivity contribution is 0.107. The normalized spacial score (nSPS) is 11.9. The van der Waals surface area contributed by atoms with Crippen molar-refractivity contribution in [3.8, 4) is 0 Å². The van der Waals surface area contributed by atoms with Crippen LogP contribution in [0.15, 0.2) is 30.3 Å². The van der Waals surface area contributed by atoms with Gasteiger partial charge in [0.1, 0.15) is 6.10 Å². The van der Waals surface area contributed by atoms with Gasteiger partial charge in [-0.05, 0) is 18.9 Å². The molecule has 1 N–H and O–H groups in total. The van der Waals surface area contributed by atoms with Crippen molar-refractivity contribution in [2.24, 2.45) is 0 Å². The first-order valence-electron chi connectivity index (χ1n) is 5.02. The zero-order valence-corrected chi connectivity index (χ0v) is 8.90. The molecule has 0 aliphatic rings. The van der Waals surface area contributed by atoms with Gasteiger partial charge < -0.3 is 10.1 Å². The molecule has 1 radical (unpaired) electrons. The summed E-state index contributed by atoms with van der Waals surface area (Å²) < 4.78 is 5.16. The Balaban J connectivity index is 2.42. The van der Waals surface area contributed by atoms with Crippen LogP contribution in [-0.4, -0.2) is 12.6 Å². The van der Waals surface area contributed by atoms with E-state index in [1.54, 1.807) is 0 Å². The molecular formula is C12H16NO2. The Morgan fingerprint density at radius 1 is 1.47 bits per heavy atom. The quantitative estimate of drug-likeness (QED) is 0.822. The van der Waals surface area contributed by atoms with Crippen LogP contribution in [0.25, 0.3) is 0 Å². The van der Waals surface area contributed by atoms with Crippen molar-refractivity contribution < 1.29 is 9.53 Å². The maximum absolute atomic E-state index is 11.2. The molecule has 0 saturated carbocycles. The number of ether oxygens (including phenoxy) is 1. The summed E-state index contributed by atoms with van der Waals surface area (Å²) in [5.41, 5.74) is 0.988. The fourth-order valence-electron chi connectivity index (χ4n) is 1.18. The summed E-state index contributed by atoms with van der Waals surface area (Å²) in [6.07, 6.45) is 0.0421. The SMILES string of the molecule is [CH2]CCNC(=O)OC(C)c1ccccc1. The molecule has 1 unspecified atom stereocenters. The molecule has 0 aliphatic heterocycles. The molecule has 1 amide bonds. The van der Waals surface area contributed by atoms with Gasteiger partial charge in [0, 0.05) is 6.54 Å². The van der Waals surface area contributed by atoms with Gasteiger partial charge in [-0.2, -0.15) is 0 Å². The first-order chi connectivity index (χ1) is 7.24. The maximum Gasteiger partial charge on any atom is 0.407 e. The number of nitrogens with one attached hydrogen (secondary N) is 1. The monoisotopic (exact) mass is 206 g/mol. The lowest BCUT2D eigenvalue weighted by Crippen LogP contribution is -2.25. The molecule has 1 aromatic carbocycles. The molecule has 0 bridgehead atoms. The summed E-state index contributed by atoms with van der Waals surface area (Å²) in [5.74, 6) is 0. The summed E-state index contributed by atoms with van der Waals surface area (Å²) >= 11 is 0. The van der Waals surface area contributed by atoms with Gasteiger partial charge in [0.25, 0.3) is 0 Å². The Labute approximate surface area is 90.4 Å². The molecule has 1 rings (SSSR count). The smallest absolute Gasteiger partial charge is 0.407 e. The lowest BCUT2D eigenvalue weighted by Gasteiger charge is -2.13. The van der Waals surface area contributed by atoms with Crippen LogP contribution < -0.4 is 5.32 Å². The number of rotatable bonds is 4. The second kappa shape index (κ2) is 6.06. The van der Waals surface area contributed by atoms with Crippen LogP contribution in [0.5, 0.6) is 0 Å². The van der Waals surface area contributed by atoms with Crippen molar-refractivity contribution in [1.29, 1.82) is 0 Å². The van der Waals surface area contributed by atoms with Crippen molar-refractivity contribution in [2.45, 2.75) is 19.4 Å². The van der Waals surface area contributed by atoms with Crippen LogP contribution in [0, 0.1) is 6.92 Å². The van der Waals surface area contributed by atoms with Crippen LogP contribution in [-0.2, 0) is 4.74 Å². The molecule has 0 fully saturated rings. The molecule has 0 spiro atoms. The van der Waals surface area contributed by atoms with Gasteiger partial charge in [-0.15, -0.1) is 0 Å². The zero-order chi connectivity index (χ0) is 11.1. The Kier molecular flexibility index (Phi) is 4.68. The summed E-state index contributed by atoms with van der Waals surface area (Å²) in [6.45, 7) is 6.01. The third kappa shape index (κ3) is 4.02. The van der Waals surface area contributed by atoms with Gasteiger partial charge in [-0.3, -0.25) is 0 Å². The van der Waals surface area contributed by atoms with Crippen LogP contribution >= 0.6 is 0 Å². The van der Waals surface area contributed by atoms with Crippen LogP contribution in [0.4, 0.5) is 4.79 Å². The molecule has 0 heterocycles. The molecular weight excluding hydrogens is 190 g/mol. The number of hydrogen-bond donors (Lipinski definition) is 1. The van der Waals surface area contributed by atoms with E-state index < -0.39 is 6.09 Å². The minimum absolute atomic E-state index is 0.226. The minimum atomic E-state index is -0.394. The van der Waals surface area contributed by atoms with E-state index in [9.17, 15) is 4.79 Å². The third-order valence-corrected chi connectivity index (χ3v) is 2.00. The average molecular weight is 206 g/mol. The molecule has 1 atom stereocenters. The number of alkyl carbamates (subject to hydrolysis) is 1. The van der Waals surface area contributed by atoms with Gasteiger partial charge in [-0.25, -0.2) is 4.79 Å². The van der Waals surface area contributed by atoms with Gasteiger partial charge >= 0.3 is 6.09 Å². The standard InChI is InChI=1S/C12H16NO2/c1-3-9-13-12(14)15-10(2)11-7-5-4-6-8-11/h4-8,10H,1,3,9H2,2H3,(H,13,14). The summed E-state index contributed by atoms with van der Waals surface area (Å²) in [6, 6.07) is 9.63. The van der Waals surface area contributed by atoms with E-state index >= 15 is 0 Å². The molecule has 0 saturated heterocycles. The number of benzene rings is 1. The van der Waals surface area contributed by atoms with Crippen molar-refractivity contribution in [3.63, 3.8) is 0 Å². The topological polar surface area (TPSA) is 38.3 Å². The predicted molar refractivity (Wildman–Crippen MR) is 59.3 cm³/mol. The molecule has 0 aromatic heterocycles. The highest BCUT2D eigenvalue weighted by Crippen LogP contribution is 2.15. The lowest BCUT2D eigenvalue weighted by atomic mass is 10.1. The van der Waals surface area contributed by atoms with Gasteiger partial charge in [0.15, 0.2) is 0 Å². The first kappa shape index (κ1) is 11.6. The molecule has 1 aromatic rings. The molecule has 0 aliphatic carbocycles. The van der Waals surface area contributed by atoms with Crippen LogP contribution in [0.1, 0.15) is 25.0 Å². The van der Waals surface area contributed by atoms with Gasteiger partial charge in [0.05, 0.1) is 0 Å². The highest BCUT2D eigenvalue weighted by Gasteiger charge is 2.09. The van der Waals surface area contributed by atoms with Gasteiger partial charge in [-0.1, -0.05) is 37.3 Å². The molecule has 81 valence electrons. The second-order valence-electron chi connectivity index (χ2n) is 3.24. The van der Waals surface area contributed by atoms with Crippen molar-refractivity contribution in [3.05, 3.63) is 42.8 Å². The molecule has 15 heavy (non-hydrogen) atoms. The first-order valence-corrected chi connectivity index (χ1v) is 5.02. The highest BCUT2D eigenvalue weighted by atomic mass is 16.6. The van der Waals surface area contributed by atoms with E-state index in [0.717, 1.165) is 5.56 Å². The van der Waals surface area contributed by atoms with Gasteiger partial charge in [0.2, 0.25) is 0 Å². The fraction of sp³-hybridized carbons (Fsp3) is 0.333. The highest BCUT2D eigenvalue weighted by molar-refractivity contribution is 5.67. The number of hydrogen-bond acceptors (Lipinski definition) is 2. The predicted octanol–water partition coefficient (Wildman–Crippen LogP) is 2.70. The largest absolute Gasteiger partial charge is 0.442 e. The third-order valence-electron chi connectivity index (χ3n) is 2.00. The van der Waals surface area contributed by atoms with E-state index in [-0.39, 0.29) is 6.10 Å².